The molecule has 3 heterocycles. The highest BCUT2D eigenvalue weighted by atomic mass is 35.5. The molecular weight excluding hydrogens is 422 g/mol. The number of quaternary nitrogens is 1. The number of nitriles is 1. The summed E-state index contributed by atoms with van der Waals surface area (Å²) in [4.78, 5) is 8.69. The Morgan fingerprint density at radius 2 is 1.94 bits per heavy atom. The molecule has 2 aromatic carbocycles. The molecule has 0 radical (unpaired) electrons. The van der Waals surface area contributed by atoms with E-state index in [0.29, 0.717) is 5.56 Å². The van der Waals surface area contributed by atoms with Crippen LogP contribution in [0.3, 0.4) is 0 Å². The second kappa shape index (κ2) is 8.34. The first kappa shape index (κ1) is 20.6. The predicted octanol–water partition coefficient (Wildman–Crippen LogP) is 3.23. The van der Waals surface area contributed by atoms with Gasteiger partial charge in [0.25, 0.3) is 0 Å². The molecule has 0 saturated carbocycles. The first-order valence-corrected chi connectivity index (χ1v) is 11.2. The Balaban J connectivity index is 1.45. The van der Waals surface area contributed by atoms with Crippen molar-refractivity contribution in [1.82, 2.24) is 9.38 Å². The standard InChI is InChI=1S/C25H24ClN5O/c1-17-13-24(31-22-6-4-3-5-21(22)28-25(31)20(17)15-27)30-11-9-29(10-12-30)16-18-14-19(26)7-8-23(18)32-2/h3-8,13-14H,9-12,16H2,1-2H3/p+1. The Morgan fingerprint density at radius 3 is 2.69 bits per heavy atom. The van der Waals surface area contributed by atoms with Gasteiger partial charge in [-0.15, -0.1) is 0 Å². The van der Waals surface area contributed by atoms with E-state index in [9.17, 15) is 5.26 Å². The van der Waals surface area contributed by atoms with Crippen LogP contribution in [0.15, 0.2) is 48.5 Å². The van der Waals surface area contributed by atoms with Crippen LogP contribution < -0.4 is 14.5 Å². The minimum atomic E-state index is 0.641. The molecule has 2 aromatic heterocycles. The Bertz CT molecular complexity index is 1350. The van der Waals surface area contributed by atoms with Gasteiger partial charge in [-0.3, -0.25) is 4.40 Å². The lowest BCUT2D eigenvalue weighted by atomic mass is 10.1. The molecule has 0 spiro atoms. The number of fused-ring (bicyclic) bond motifs is 3. The van der Waals surface area contributed by atoms with E-state index in [1.807, 2.05) is 43.3 Å². The summed E-state index contributed by atoms with van der Waals surface area (Å²) in [6, 6.07) is 18.4. The smallest absolute Gasteiger partial charge is 0.157 e. The van der Waals surface area contributed by atoms with Gasteiger partial charge in [-0.2, -0.15) is 5.26 Å². The number of piperazine rings is 1. The molecule has 0 amide bonds. The highest BCUT2D eigenvalue weighted by molar-refractivity contribution is 6.30. The molecular formula is C25H25ClN5O+. The molecule has 32 heavy (non-hydrogen) atoms. The molecule has 1 saturated heterocycles. The number of hydrogen-bond donors (Lipinski definition) is 1. The maximum absolute atomic E-state index is 9.74. The third-order valence-electron chi connectivity index (χ3n) is 6.34. The Hall–Kier alpha value is -3.27. The molecule has 7 heteroatoms. The average molecular weight is 447 g/mol. The molecule has 1 fully saturated rings. The number of anilines is 1. The number of nitrogens with zero attached hydrogens (tertiary/aromatic N) is 4. The van der Waals surface area contributed by atoms with Gasteiger partial charge in [-0.05, 0) is 48.9 Å². The molecule has 6 nitrogen and oxygen atoms in total. The van der Waals surface area contributed by atoms with Gasteiger partial charge in [0.1, 0.15) is 24.2 Å². The summed E-state index contributed by atoms with van der Waals surface area (Å²) in [5.41, 5.74) is 5.43. The van der Waals surface area contributed by atoms with Crippen molar-refractivity contribution in [3.63, 3.8) is 0 Å². The Morgan fingerprint density at radius 1 is 1.16 bits per heavy atom. The van der Waals surface area contributed by atoms with E-state index in [0.717, 1.165) is 77.1 Å². The Labute approximate surface area is 192 Å². The fourth-order valence-electron chi connectivity index (χ4n) is 4.69. The lowest BCUT2D eigenvalue weighted by Crippen LogP contribution is -3.13. The topological polar surface area (TPSA) is 58.0 Å². The van der Waals surface area contributed by atoms with Crippen molar-refractivity contribution in [1.29, 1.82) is 5.26 Å². The lowest BCUT2D eigenvalue weighted by Gasteiger charge is -2.34. The number of benzene rings is 2. The summed E-state index contributed by atoms with van der Waals surface area (Å²) in [6.45, 7) is 6.73. The van der Waals surface area contributed by atoms with Crippen LogP contribution in [-0.2, 0) is 6.54 Å². The van der Waals surface area contributed by atoms with E-state index in [2.05, 4.69) is 27.5 Å². The molecule has 162 valence electrons. The number of rotatable bonds is 4. The fourth-order valence-corrected chi connectivity index (χ4v) is 4.88. The van der Waals surface area contributed by atoms with Gasteiger partial charge in [-0.25, -0.2) is 4.98 Å². The monoisotopic (exact) mass is 446 g/mol. The van der Waals surface area contributed by atoms with E-state index in [-0.39, 0.29) is 0 Å². The van der Waals surface area contributed by atoms with Crippen LogP contribution in [0.4, 0.5) is 5.82 Å². The summed E-state index contributed by atoms with van der Waals surface area (Å²) in [5.74, 6) is 1.99. The van der Waals surface area contributed by atoms with Crippen molar-refractivity contribution >= 4 is 34.1 Å². The molecule has 1 aliphatic rings. The number of aromatic nitrogens is 2. The molecule has 0 bridgehead atoms. The molecule has 4 aromatic rings. The van der Waals surface area contributed by atoms with Crippen LogP contribution in [0.1, 0.15) is 16.7 Å². The quantitative estimate of drug-likeness (QED) is 0.523. The van der Waals surface area contributed by atoms with Crippen LogP contribution in [-0.4, -0.2) is 42.7 Å². The number of aryl methyl sites for hydroxylation is 1. The zero-order valence-electron chi connectivity index (χ0n) is 18.2. The van der Waals surface area contributed by atoms with E-state index in [4.69, 9.17) is 21.3 Å². The van der Waals surface area contributed by atoms with Gasteiger partial charge < -0.3 is 14.5 Å². The van der Waals surface area contributed by atoms with E-state index >= 15 is 0 Å². The van der Waals surface area contributed by atoms with Gasteiger partial charge in [0.15, 0.2) is 5.65 Å². The van der Waals surface area contributed by atoms with Crippen LogP contribution in [0.5, 0.6) is 5.75 Å². The summed E-state index contributed by atoms with van der Waals surface area (Å²) in [7, 11) is 1.70. The predicted molar refractivity (Wildman–Crippen MR) is 127 cm³/mol. The number of methoxy groups -OCH3 is 1. The number of nitrogens with one attached hydrogen (secondary N) is 1. The van der Waals surface area contributed by atoms with Gasteiger partial charge in [0, 0.05) is 10.6 Å². The van der Waals surface area contributed by atoms with Crippen LogP contribution in [0, 0.1) is 18.3 Å². The summed E-state index contributed by atoms with van der Waals surface area (Å²) in [6.07, 6.45) is 0. The van der Waals surface area contributed by atoms with Crippen LogP contribution in [0.25, 0.3) is 16.7 Å². The number of halogens is 1. The Kier molecular flexibility index (Phi) is 5.38. The summed E-state index contributed by atoms with van der Waals surface area (Å²) in [5, 5.41) is 10.5. The van der Waals surface area contributed by atoms with Crippen molar-refractivity contribution in [3.05, 3.63) is 70.2 Å². The van der Waals surface area contributed by atoms with Gasteiger partial charge in [-0.1, -0.05) is 23.7 Å². The summed E-state index contributed by atoms with van der Waals surface area (Å²) >= 11 is 6.22. The first-order valence-electron chi connectivity index (χ1n) is 10.8. The molecule has 1 N–H and O–H groups in total. The highest BCUT2D eigenvalue weighted by Gasteiger charge is 2.25. The summed E-state index contributed by atoms with van der Waals surface area (Å²) < 4.78 is 7.67. The zero-order chi connectivity index (χ0) is 22.2. The normalized spacial score (nSPS) is 14.8. The van der Waals surface area contributed by atoms with Gasteiger partial charge >= 0.3 is 0 Å². The van der Waals surface area contributed by atoms with Crippen molar-refractivity contribution in [2.24, 2.45) is 0 Å². The van der Waals surface area contributed by atoms with Crippen LogP contribution in [0.2, 0.25) is 5.02 Å². The van der Waals surface area contributed by atoms with E-state index in [1.165, 1.54) is 4.90 Å². The third-order valence-corrected chi connectivity index (χ3v) is 6.58. The minimum absolute atomic E-state index is 0.641. The van der Waals surface area contributed by atoms with Gasteiger partial charge in [0.2, 0.25) is 0 Å². The van der Waals surface area contributed by atoms with Crippen molar-refractivity contribution < 1.29 is 9.64 Å². The zero-order valence-corrected chi connectivity index (χ0v) is 19.0. The largest absolute Gasteiger partial charge is 0.496 e. The van der Waals surface area contributed by atoms with E-state index in [1.54, 1.807) is 7.11 Å². The maximum Gasteiger partial charge on any atom is 0.157 e. The first-order chi connectivity index (χ1) is 15.6. The fraction of sp³-hybridized carbons (Fsp3) is 0.280. The third kappa shape index (κ3) is 3.54. The highest BCUT2D eigenvalue weighted by Crippen LogP contribution is 2.29. The second-order valence-electron chi connectivity index (χ2n) is 8.30. The molecule has 1 aliphatic heterocycles. The van der Waals surface area contributed by atoms with E-state index < -0.39 is 0 Å². The van der Waals surface area contributed by atoms with Gasteiger partial charge in [0.05, 0.1) is 49.9 Å². The molecule has 0 aliphatic carbocycles. The average Bonchev–Trinajstić information content (AvgIpc) is 3.19. The molecule has 0 atom stereocenters. The number of hydrogen-bond acceptors (Lipinski definition) is 4. The van der Waals surface area contributed by atoms with Crippen molar-refractivity contribution in [2.45, 2.75) is 13.5 Å². The second-order valence-corrected chi connectivity index (χ2v) is 8.74. The molecule has 0 unspecified atom stereocenters. The number of ether oxygens (including phenoxy) is 1. The SMILES string of the molecule is COc1ccc(Cl)cc1C[NH+]1CCN(c2cc(C)c(C#N)c3nc4ccccc4n23)CC1. The maximum atomic E-state index is 9.74. The number of imidazole rings is 1. The molecule has 5 rings (SSSR count). The van der Waals surface area contributed by atoms with Crippen molar-refractivity contribution in [2.75, 3.05) is 38.2 Å². The number of pyridine rings is 1. The van der Waals surface area contributed by atoms with Crippen molar-refractivity contribution in [3.8, 4) is 11.8 Å². The minimum Gasteiger partial charge on any atom is -0.496 e. The lowest BCUT2D eigenvalue weighted by molar-refractivity contribution is -0.914. The number of para-hydroxylation sites is 2. The van der Waals surface area contributed by atoms with Crippen LogP contribution >= 0.6 is 11.6 Å².